The lowest BCUT2D eigenvalue weighted by atomic mass is 9.94. The monoisotopic (exact) mass is 295 g/mol. The van der Waals surface area contributed by atoms with E-state index in [1.165, 1.54) is 11.1 Å². The number of nitrogens with zero attached hydrogens (tertiary/aromatic N) is 1. The number of amides is 1. The maximum atomic E-state index is 13.0. The molecule has 3 nitrogen and oxygen atoms in total. The Kier molecular flexibility index (Phi) is 3.88. The zero-order valence-electron chi connectivity index (χ0n) is 13.3. The molecule has 1 amide bonds. The van der Waals surface area contributed by atoms with Crippen LogP contribution in [0, 0.1) is 6.92 Å². The molecular weight excluding hydrogens is 274 g/mol. The minimum atomic E-state index is 0.0571. The second kappa shape index (κ2) is 5.84. The van der Waals surface area contributed by atoms with Crippen LogP contribution in [-0.4, -0.2) is 19.1 Å². The molecule has 1 unspecified atom stereocenters. The summed E-state index contributed by atoms with van der Waals surface area (Å²) in [6.07, 6.45) is 2.03. The van der Waals surface area contributed by atoms with Crippen molar-refractivity contribution in [1.82, 2.24) is 0 Å². The largest absolute Gasteiger partial charge is 0.497 e. The molecule has 0 N–H and O–H groups in total. The summed E-state index contributed by atoms with van der Waals surface area (Å²) in [7, 11) is 1.63. The number of rotatable bonds is 2. The van der Waals surface area contributed by atoms with Crippen LogP contribution in [0.25, 0.3) is 0 Å². The molecule has 0 fully saturated rings. The highest BCUT2D eigenvalue weighted by molar-refractivity contribution is 6.07. The van der Waals surface area contributed by atoms with Gasteiger partial charge in [-0.3, -0.25) is 4.79 Å². The van der Waals surface area contributed by atoms with Gasteiger partial charge in [-0.25, -0.2) is 0 Å². The number of hydrogen-bond acceptors (Lipinski definition) is 2. The molecule has 2 aromatic carbocycles. The van der Waals surface area contributed by atoms with E-state index in [1.54, 1.807) is 7.11 Å². The molecule has 22 heavy (non-hydrogen) atoms. The Labute approximate surface area is 131 Å². The number of carbonyl (C=O) groups is 1. The van der Waals surface area contributed by atoms with Crippen LogP contribution in [-0.2, 0) is 6.42 Å². The van der Waals surface area contributed by atoms with Gasteiger partial charge in [-0.05, 0) is 68.1 Å². The maximum Gasteiger partial charge on any atom is 0.258 e. The fourth-order valence-corrected chi connectivity index (χ4v) is 3.02. The van der Waals surface area contributed by atoms with E-state index in [2.05, 4.69) is 32.0 Å². The Bertz CT molecular complexity index is 691. The number of benzene rings is 2. The van der Waals surface area contributed by atoms with Crippen molar-refractivity contribution in [2.45, 2.75) is 32.7 Å². The van der Waals surface area contributed by atoms with Gasteiger partial charge in [0.05, 0.1) is 7.11 Å². The summed E-state index contributed by atoms with van der Waals surface area (Å²) >= 11 is 0. The first-order valence-electron chi connectivity index (χ1n) is 7.67. The lowest BCUT2D eigenvalue weighted by molar-refractivity contribution is 0.0975. The molecule has 1 aliphatic rings. The number of methoxy groups -OCH3 is 1. The topological polar surface area (TPSA) is 29.5 Å². The van der Waals surface area contributed by atoms with E-state index >= 15 is 0 Å². The Morgan fingerprint density at radius 2 is 1.91 bits per heavy atom. The van der Waals surface area contributed by atoms with Crippen LogP contribution >= 0.6 is 0 Å². The van der Waals surface area contributed by atoms with Gasteiger partial charge in [0.15, 0.2) is 0 Å². The van der Waals surface area contributed by atoms with Gasteiger partial charge in [0.1, 0.15) is 5.75 Å². The quantitative estimate of drug-likeness (QED) is 0.838. The van der Waals surface area contributed by atoms with E-state index in [4.69, 9.17) is 4.74 Å². The molecule has 0 bridgehead atoms. The number of hydrogen-bond donors (Lipinski definition) is 0. The molecule has 3 heteroatoms. The molecule has 114 valence electrons. The van der Waals surface area contributed by atoms with Gasteiger partial charge in [-0.15, -0.1) is 0 Å². The van der Waals surface area contributed by atoms with Crippen molar-refractivity contribution in [2.75, 3.05) is 12.0 Å². The maximum absolute atomic E-state index is 13.0. The van der Waals surface area contributed by atoms with E-state index in [9.17, 15) is 4.79 Å². The minimum Gasteiger partial charge on any atom is -0.497 e. The highest BCUT2D eigenvalue weighted by atomic mass is 16.5. The second-order valence-electron chi connectivity index (χ2n) is 5.92. The highest BCUT2D eigenvalue weighted by Crippen LogP contribution is 2.33. The Hall–Kier alpha value is -2.29. The fraction of sp³-hybridized carbons (Fsp3) is 0.316. The van der Waals surface area contributed by atoms with Crippen LogP contribution in [0.3, 0.4) is 0 Å². The van der Waals surface area contributed by atoms with Crippen molar-refractivity contribution in [1.29, 1.82) is 0 Å². The van der Waals surface area contributed by atoms with Gasteiger partial charge in [0, 0.05) is 17.3 Å². The van der Waals surface area contributed by atoms with Crippen LogP contribution in [0.1, 0.15) is 34.8 Å². The molecule has 2 aromatic rings. The third-order valence-corrected chi connectivity index (χ3v) is 4.33. The van der Waals surface area contributed by atoms with E-state index in [1.807, 2.05) is 29.2 Å². The molecule has 3 rings (SSSR count). The van der Waals surface area contributed by atoms with Gasteiger partial charge in [0.2, 0.25) is 0 Å². The van der Waals surface area contributed by atoms with E-state index in [0.29, 0.717) is 5.56 Å². The first kappa shape index (κ1) is 14.6. The van der Waals surface area contributed by atoms with E-state index < -0.39 is 0 Å². The van der Waals surface area contributed by atoms with Crippen molar-refractivity contribution in [3.63, 3.8) is 0 Å². The summed E-state index contributed by atoms with van der Waals surface area (Å²) in [5.41, 5.74) is 4.19. The highest BCUT2D eigenvalue weighted by Gasteiger charge is 2.28. The molecule has 0 aromatic heterocycles. The smallest absolute Gasteiger partial charge is 0.258 e. The number of aryl methyl sites for hydroxylation is 2. The molecule has 0 spiro atoms. The summed E-state index contributed by atoms with van der Waals surface area (Å²) in [6, 6.07) is 13.9. The first-order valence-corrected chi connectivity index (χ1v) is 7.67. The van der Waals surface area contributed by atoms with Crippen molar-refractivity contribution in [3.05, 3.63) is 59.2 Å². The normalized spacial score (nSPS) is 17.0. The van der Waals surface area contributed by atoms with Gasteiger partial charge in [0.25, 0.3) is 5.91 Å². The molecular formula is C19H21NO2. The van der Waals surface area contributed by atoms with Crippen molar-refractivity contribution < 1.29 is 9.53 Å². The third kappa shape index (κ3) is 2.59. The van der Waals surface area contributed by atoms with Gasteiger partial charge < -0.3 is 9.64 Å². The van der Waals surface area contributed by atoms with Gasteiger partial charge in [-0.1, -0.05) is 12.1 Å². The number of carbonyl (C=O) groups excluding carboxylic acids is 1. The van der Waals surface area contributed by atoms with Crippen LogP contribution in [0.5, 0.6) is 5.75 Å². The molecule has 0 radical (unpaired) electrons. The van der Waals surface area contributed by atoms with Crippen molar-refractivity contribution in [2.24, 2.45) is 0 Å². The van der Waals surface area contributed by atoms with Crippen LogP contribution in [0.2, 0.25) is 0 Å². The van der Waals surface area contributed by atoms with Crippen LogP contribution in [0.15, 0.2) is 42.5 Å². The summed E-state index contributed by atoms with van der Waals surface area (Å²) < 4.78 is 5.16. The third-order valence-electron chi connectivity index (χ3n) is 4.33. The van der Waals surface area contributed by atoms with Crippen molar-refractivity contribution in [3.8, 4) is 5.75 Å². The molecule has 1 heterocycles. The fourth-order valence-electron chi connectivity index (χ4n) is 3.02. The Balaban J connectivity index is 1.99. The Morgan fingerprint density at radius 1 is 1.18 bits per heavy atom. The SMILES string of the molecule is COc1ccc(C(=O)N2c3cc(C)ccc3CCC2C)cc1. The lowest BCUT2D eigenvalue weighted by Crippen LogP contribution is -2.42. The standard InChI is InChI=1S/C19H21NO2/c1-13-4-6-15-7-5-14(2)20(18(15)12-13)19(21)16-8-10-17(22-3)11-9-16/h4,6,8-12,14H,5,7H2,1-3H3. The lowest BCUT2D eigenvalue weighted by Gasteiger charge is -2.35. The Morgan fingerprint density at radius 3 is 2.59 bits per heavy atom. The summed E-state index contributed by atoms with van der Waals surface area (Å²) in [5.74, 6) is 0.821. The summed E-state index contributed by atoms with van der Waals surface area (Å²) in [4.78, 5) is 14.9. The zero-order chi connectivity index (χ0) is 15.7. The number of fused-ring (bicyclic) bond motifs is 1. The average molecular weight is 295 g/mol. The van der Waals surface area contributed by atoms with Crippen LogP contribution < -0.4 is 9.64 Å². The van der Waals surface area contributed by atoms with E-state index in [-0.39, 0.29) is 11.9 Å². The number of anilines is 1. The van der Waals surface area contributed by atoms with E-state index in [0.717, 1.165) is 24.3 Å². The summed E-state index contributed by atoms with van der Waals surface area (Å²) in [6.45, 7) is 4.18. The molecule has 0 saturated carbocycles. The number of ether oxygens (including phenoxy) is 1. The van der Waals surface area contributed by atoms with Gasteiger partial charge in [-0.2, -0.15) is 0 Å². The summed E-state index contributed by atoms with van der Waals surface area (Å²) in [5, 5.41) is 0. The van der Waals surface area contributed by atoms with Crippen molar-refractivity contribution >= 4 is 11.6 Å². The zero-order valence-corrected chi connectivity index (χ0v) is 13.3. The average Bonchev–Trinajstić information content (AvgIpc) is 2.54. The van der Waals surface area contributed by atoms with Crippen LogP contribution in [0.4, 0.5) is 5.69 Å². The molecule has 1 aliphatic heterocycles. The predicted octanol–water partition coefficient (Wildman–Crippen LogP) is 3.99. The predicted molar refractivity (Wildman–Crippen MR) is 88.8 cm³/mol. The minimum absolute atomic E-state index is 0.0571. The molecule has 0 saturated heterocycles. The van der Waals surface area contributed by atoms with Gasteiger partial charge >= 0.3 is 0 Å². The molecule has 1 atom stereocenters. The molecule has 0 aliphatic carbocycles. The first-order chi connectivity index (χ1) is 10.6. The second-order valence-corrected chi connectivity index (χ2v) is 5.92.